The number of nitrogens with one attached hydrogen (secondary N) is 1. The molecule has 19 heavy (non-hydrogen) atoms. The Balaban J connectivity index is 1.81. The van der Waals surface area contributed by atoms with Gasteiger partial charge in [0.15, 0.2) is 0 Å². The average Bonchev–Trinajstić information content (AvgIpc) is 2.92. The topological polar surface area (TPSA) is 96.6 Å². The molecule has 0 unspecified atom stereocenters. The predicted octanol–water partition coefficient (Wildman–Crippen LogP) is 1.21. The molecule has 3 N–H and O–H groups in total. The van der Waals surface area contributed by atoms with E-state index in [9.17, 15) is 0 Å². The van der Waals surface area contributed by atoms with Gasteiger partial charge in [0.25, 0.3) is 0 Å². The Bertz CT molecular complexity index is 536. The number of aromatic amines is 1. The summed E-state index contributed by atoms with van der Waals surface area (Å²) in [5.74, 6) is 2.20. The van der Waals surface area contributed by atoms with Crippen molar-refractivity contribution in [1.29, 1.82) is 0 Å². The van der Waals surface area contributed by atoms with Gasteiger partial charge in [0.1, 0.15) is 23.1 Å². The lowest BCUT2D eigenvalue weighted by Crippen LogP contribution is -2.35. The number of piperidine rings is 1. The number of nitrogens with zero attached hydrogens (tertiary/aromatic N) is 5. The van der Waals surface area contributed by atoms with Crippen molar-refractivity contribution in [3.8, 4) is 0 Å². The molecule has 1 aliphatic heterocycles. The Kier molecular flexibility index (Phi) is 3.20. The zero-order valence-corrected chi connectivity index (χ0v) is 11.0. The maximum atomic E-state index is 5.92. The predicted molar refractivity (Wildman–Crippen MR) is 72.0 cm³/mol. The van der Waals surface area contributed by atoms with Crippen molar-refractivity contribution >= 4 is 23.4 Å². The second-order valence-corrected chi connectivity index (χ2v) is 4.95. The lowest BCUT2D eigenvalue weighted by molar-refractivity contribution is 0.490. The van der Waals surface area contributed by atoms with Crippen molar-refractivity contribution in [2.45, 2.75) is 18.8 Å². The number of rotatable bonds is 2. The Labute approximate surface area is 115 Å². The lowest BCUT2D eigenvalue weighted by atomic mass is 9.97. The molecule has 2 aromatic rings. The molecule has 0 amide bonds. The van der Waals surface area contributed by atoms with E-state index in [4.69, 9.17) is 17.3 Å². The number of nitrogen functional groups attached to an aromatic ring is 1. The first-order chi connectivity index (χ1) is 9.22. The van der Waals surface area contributed by atoms with Crippen molar-refractivity contribution in [2.24, 2.45) is 0 Å². The first-order valence-corrected chi connectivity index (χ1v) is 6.50. The fourth-order valence-corrected chi connectivity index (χ4v) is 2.59. The standard InChI is InChI=1S/C11H14ClN7/c12-8-4-9(17-11(13)16-8)19-3-1-2-7(5-19)10-14-6-15-18-10/h4,6-7H,1-3,5H2,(H2,13,16,17)(H,14,15,18)/t7-/m1/s1. The number of H-pyrrole nitrogens is 1. The van der Waals surface area contributed by atoms with Crippen LogP contribution in [0.25, 0.3) is 0 Å². The van der Waals surface area contributed by atoms with Crippen LogP contribution in [-0.4, -0.2) is 38.2 Å². The molecule has 1 fully saturated rings. The highest BCUT2D eigenvalue weighted by Crippen LogP contribution is 2.28. The van der Waals surface area contributed by atoms with Crippen molar-refractivity contribution in [2.75, 3.05) is 23.7 Å². The van der Waals surface area contributed by atoms with Crippen LogP contribution in [0.5, 0.6) is 0 Å². The third kappa shape index (κ3) is 2.60. The molecule has 0 saturated carbocycles. The SMILES string of the molecule is Nc1nc(Cl)cc(N2CCC[C@@H](c3ncn[nH]3)C2)n1. The maximum Gasteiger partial charge on any atom is 0.223 e. The number of nitrogens with two attached hydrogens (primary N) is 1. The minimum absolute atomic E-state index is 0.198. The highest BCUT2D eigenvalue weighted by Gasteiger charge is 2.24. The van der Waals surface area contributed by atoms with Crippen LogP contribution in [0.4, 0.5) is 11.8 Å². The quantitative estimate of drug-likeness (QED) is 0.802. The monoisotopic (exact) mass is 279 g/mol. The molecule has 0 aliphatic carbocycles. The van der Waals surface area contributed by atoms with Gasteiger partial charge in [-0.25, -0.2) is 9.97 Å². The van der Waals surface area contributed by atoms with Crippen LogP contribution in [0, 0.1) is 0 Å². The van der Waals surface area contributed by atoms with Gasteiger partial charge in [0, 0.05) is 25.1 Å². The molecular weight excluding hydrogens is 266 g/mol. The number of hydrogen-bond donors (Lipinski definition) is 2. The van der Waals surface area contributed by atoms with Crippen LogP contribution in [0.1, 0.15) is 24.6 Å². The van der Waals surface area contributed by atoms with Gasteiger partial charge in [-0.2, -0.15) is 10.1 Å². The van der Waals surface area contributed by atoms with E-state index in [1.54, 1.807) is 6.07 Å². The summed E-state index contributed by atoms with van der Waals surface area (Å²) in [4.78, 5) is 14.5. The Hall–Kier alpha value is -1.89. The van der Waals surface area contributed by atoms with E-state index in [2.05, 4.69) is 30.0 Å². The molecule has 8 heteroatoms. The van der Waals surface area contributed by atoms with Crippen molar-refractivity contribution in [3.05, 3.63) is 23.4 Å². The van der Waals surface area contributed by atoms with Crippen LogP contribution in [0.2, 0.25) is 5.15 Å². The zero-order valence-electron chi connectivity index (χ0n) is 10.3. The fourth-order valence-electron chi connectivity index (χ4n) is 2.40. The summed E-state index contributed by atoms with van der Waals surface area (Å²) in [7, 11) is 0. The van der Waals surface area contributed by atoms with E-state index in [0.29, 0.717) is 11.1 Å². The molecule has 1 saturated heterocycles. The molecule has 0 aromatic carbocycles. The molecule has 2 aromatic heterocycles. The highest BCUT2D eigenvalue weighted by atomic mass is 35.5. The molecule has 0 spiro atoms. The van der Waals surface area contributed by atoms with Crippen LogP contribution in [0.15, 0.2) is 12.4 Å². The van der Waals surface area contributed by atoms with Gasteiger partial charge in [-0.1, -0.05) is 11.6 Å². The van der Waals surface area contributed by atoms with Gasteiger partial charge >= 0.3 is 0 Å². The lowest BCUT2D eigenvalue weighted by Gasteiger charge is -2.32. The van der Waals surface area contributed by atoms with E-state index in [0.717, 1.165) is 37.6 Å². The van der Waals surface area contributed by atoms with E-state index >= 15 is 0 Å². The Morgan fingerprint density at radius 1 is 1.42 bits per heavy atom. The highest BCUT2D eigenvalue weighted by molar-refractivity contribution is 6.29. The van der Waals surface area contributed by atoms with Gasteiger partial charge in [0.2, 0.25) is 5.95 Å². The third-order valence-electron chi connectivity index (χ3n) is 3.26. The minimum Gasteiger partial charge on any atom is -0.368 e. The molecular formula is C11H14ClN7. The molecule has 1 atom stereocenters. The largest absolute Gasteiger partial charge is 0.368 e. The first kappa shape index (κ1) is 12.2. The summed E-state index contributed by atoms with van der Waals surface area (Å²) in [6, 6.07) is 1.74. The summed E-state index contributed by atoms with van der Waals surface area (Å²) < 4.78 is 0. The van der Waals surface area contributed by atoms with Crippen molar-refractivity contribution in [3.63, 3.8) is 0 Å². The van der Waals surface area contributed by atoms with Gasteiger partial charge < -0.3 is 10.6 Å². The molecule has 1 aliphatic rings. The molecule has 0 radical (unpaired) electrons. The van der Waals surface area contributed by atoms with Gasteiger partial charge in [0.05, 0.1) is 0 Å². The molecule has 100 valence electrons. The minimum atomic E-state index is 0.198. The molecule has 3 heterocycles. The van der Waals surface area contributed by atoms with E-state index in [-0.39, 0.29) is 5.95 Å². The van der Waals surface area contributed by atoms with Crippen LogP contribution < -0.4 is 10.6 Å². The van der Waals surface area contributed by atoms with Gasteiger partial charge in [-0.15, -0.1) is 0 Å². The Morgan fingerprint density at radius 2 is 2.32 bits per heavy atom. The van der Waals surface area contributed by atoms with Crippen LogP contribution in [-0.2, 0) is 0 Å². The summed E-state index contributed by atoms with van der Waals surface area (Å²) >= 11 is 5.92. The summed E-state index contributed by atoms with van der Waals surface area (Å²) in [6.07, 6.45) is 3.68. The van der Waals surface area contributed by atoms with E-state index in [1.807, 2.05) is 0 Å². The van der Waals surface area contributed by atoms with Crippen molar-refractivity contribution in [1.82, 2.24) is 25.1 Å². The normalized spacial score (nSPS) is 19.6. The summed E-state index contributed by atoms with van der Waals surface area (Å²) in [6.45, 7) is 1.75. The number of anilines is 2. The summed E-state index contributed by atoms with van der Waals surface area (Å²) in [5, 5.41) is 7.20. The van der Waals surface area contributed by atoms with Gasteiger partial charge in [-0.3, -0.25) is 5.10 Å². The zero-order chi connectivity index (χ0) is 13.2. The maximum absolute atomic E-state index is 5.92. The molecule has 3 rings (SSSR count). The Morgan fingerprint density at radius 3 is 3.05 bits per heavy atom. The molecule has 7 nitrogen and oxygen atoms in total. The summed E-state index contributed by atoms with van der Waals surface area (Å²) in [5.41, 5.74) is 5.63. The van der Waals surface area contributed by atoms with Crippen molar-refractivity contribution < 1.29 is 0 Å². The average molecular weight is 280 g/mol. The molecule has 0 bridgehead atoms. The first-order valence-electron chi connectivity index (χ1n) is 6.12. The second-order valence-electron chi connectivity index (χ2n) is 4.56. The van der Waals surface area contributed by atoms with Gasteiger partial charge in [-0.05, 0) is 12.8 Å². The number of hydrogen-bond acceptors (Lipinski definition) is 6. The second kappa shape index (κ2) is 5.00. The fraction of sp³-hybridized carbons (Fsp3) is 0.455. The smallest absolute Gasteiger partial charge is 0.223 e. The number of halogens is 1. The number of aromatic nitrogens is 5. The third-order valence-corrected chi connectivity index (χ3v) is 3.46. The van der Waals surface area contributed by atoms with Crippen LogP contribution >= 0.6 is 11.6 Å². The van der Waals surface area contributed by atoms with E-state index in [1.165, 1.54) is 6.33 Å². The van der Waals surface area contributed by atoms with E-state index < -0.39 is 0 Å². The van der Waals surface area contributed by atoms with Crippen LogP contribution in [0.3, 0.4) is 0 Å².